The largest absolute Gasteiger partial charge is 0.465 e. The third-order valence-electron chi connectivity index (χ3n) is 4.85. The van der Waals surface area contributed by atoms with Crippen molar-refractivity contribution >= 4 is 27.5 Å². The number of nitrogens with zero attached hydrogens (tertiary/aromatic N) is 4. The van der Waals surface area contributed by atoms with E-state index in [0.29, 0.717) is 6.07 Å². The Hall–Kier alpha value is -2.80. The average molecular weight is 386 g/mol. The highest BCUT2D eigenvalue weighted by atomic mass is 32.2. The van der Waals surface area contributed by atoms with Crippen LogP contribution in [0.2, 0.25) is 0 Å². The van der Waals surface area contributed by atoms with Crippen LogP contribution in [0.15, 0.2) is 23.1 Å². The molecular weight excluding hydrogens is 372 g/mol. The molecule has 1 aromatic rings. The zero-order chi connectivity index (χ0) is 19.4. The highest BCUT2D eigenvalue weighted by Gasteiger charge is 2.61. The maximum Gasteiger partial charge on any atom is 0.407 e. The lowest BCUT2D eigenvalue weighted by Gasteiger charge is -2.22. The summed E-state index contributed by atoms with van der Waals surface area (Å²) in [5, 5.41) is 30.9. The molecule has 1 aromatic carbocycles. The van der Waals surface area contributed by atoms with Crippen LogP contribution < -0.4 is 0 Å². The minimum absolute atomic E-state index is 0.164. The van der Waals surface area contributed by atoms with Crippen molar-refractivity contribution in [2.75, 3.05) is 20.1 Å². The van der Waals surface area contributed by atoms with E-state index in [0.717, 1.165) is 16.4 Å². The molecule has 1 aliphatic carbocycles. The van der Waals surface area contributed by atoms with E-state index in [9.17, 15) is 33.4 Å². The molecular formula is C13H14N4O8S. The molecule has 3 atom stereocenters. The van der Waals surface area contributed by atoms with Gasteiger partial charge in [-0.05, 0) is 17.9 Å². The van der Waals surface area contributed by atoms with Crippen LogP contribution in [0.25, 0.3) is 0 Å². The van der Waals surface area contributed by atoms with Gasteiger partial charge in [0.25, 0.3) is 11.4 Å². The Balaban J connectivity index is 1.89. The zero-order valence-electron chi connectivity index (χ0n) is 13.4. The first-order chi connectivity index (χ1) is 12.1. The van der Waals surface area contributed by atoms with Gasteiger partial charge in [-0.1, -0.05) is 0 Å². The number of carboxylic acid groups (broad SMARTS) is 1. The van der Waals surface area contributed by atoms with E-state index >= 15 is 0 Å². The van der Waals surface area contributed by atoms with Crippen LogP contribution in [0.3, 0.4) is 0 Å². The van der Waals surface area contributed by atoms with Crippen LogP contribution in [0.4, 0.5) is 16.2 Å². The van der Waals surface area contributed by atoms with Gasteiger partial charge >= 0.3 is 6.09 Å². The molecule has 1 unspecified atom stereocenters. The van der Waals surface area contributed by atoms with Gasteiger partial charge < -0.3 is 10.0 Å². The Morgan fingerprint density at radius 2 is 1.81 bits per heavy atom. The van der Waals surface area contributed by atoms with Crippen LogP contribution in [0, 0.1) is 32.1 Å². The normalized spacial score (nSPS) is 24.4. The highest BCUT2D eigenvalue weighted by Crippen LogP contribution is 2.50. The quantitative estimate of drug-likeness (QED) is 0.571. The number of amides is 1. The molecule has 0 spiro atoms. The number of likely N-dealkylation sites (tertiary alicyclic amines) is 1. The lowest BCUT2D eigenvalue weighted by Crippen LogP contribution is -2.38. The molecule has 1 heterocycles. The average Bonchev–Trinajstić information content (AvgIpc) is 3.05. The van der Waals surface area contributed by atoms with Crippen molar-refractivity contribution in [3.05, 3.63) is 38.4 Å². The van der Waals surface area contributed by atoms with Crippen LogP contribution in [0.1, 0.15) is 0 Å². The summed E-state index contributed by atoms with van der Waals surface area (Å²) >= 11 is 0. The van der Waals surface area contributed by atoms with E-state index in [-0.39, 0.29) is 24.9 Å². The summed E-state index contributed by atoms with van der Waals surface area (Å²) in [6, 6.07) is 1.91. The second-order valence-electron chi connectivity index (χ2n) is 6.19. The van der Waals surface area contributed by atoms with Crippen molar-refractivity contribution in [2.45, 2.75) is 10.9 Å². The van der Waals surface area contributed by atoms with Gasteiger partial charge in [0.05, 0.1) is 15.9 Å². The van der Waals surface area contributed by atoms with Crippen LogP contribution in [-0.2, 0) is 10.0 Å². The first kappa shape index (κ1) is 18.0. The summed E-state index contributed by atoms with van der Waals surface area (Å²) in [6.45, 7) is 0.403. The van der Waals surface area contributed by atoms with Crippen molar-refractivity contribution < 1.29 is 28.2 Å². The molecule has 2 aliphatic rings. The fourth-order valence-corrected chi connectivity index (χ4v) is 5.07. The van der Waals surface area contributed by atoms with E-state index < -0.39 is 48.3 Å². The van der Waals surface area contributed by atoms with E-state index in [4.69, 9.17) is 5.11 Å². The van der Waals surface area contributed by atoms with Gasteiger partial charge in [-0.2, -0.15) is 4.31 Å². The number of hydrogen-bond acceptors (Lipinski definition) is 7. The smallest absolute Gasteiger partial charge is 0.407 e. The van der Waals surface area contributed by atoms with Gasteiger partial charge in [-0.3, -0.25) is 20.2 Å². The molecule has 0 aromatic heterocycles. The molecule has 1 saturated heterocycles. The summed E-state index contributed by atoms with van der Waals surface area (Å²) < 4.78 is 26.6. The maximum absolute atomic E-state index is 12.8. The molecule has 3 rings (SSSR count). The first-order valence-corrected chi connectivity index (χ1v) is 8.88. The SMILES string of the molecule is CN(C1[C@H]2CN(C(=O)O)C[C@@H]12)S(=O)(=O)c1ccc([N+](=O)[O-])cc1[N+](=O)[O-]. The molecule has 1 aliphatic heterocycles. The number of nitro groups is 2. The predicted molar refractivity (Wildman–Crippen MR) is 85.1 cm³/mol. The minimum Gasteiger partial charge on any atom is -0.465 e. The van der Waals surface area contributed by atoms with Crippen molar-refractivity contribution in [3.8, 4) is 0 Å². The van der Waals surface area contributed by atoms with Crippen molar-refractivity contribution in [2.24, 2.45) is 11.8 Å². The van der Waals surface area contributed by atoms with Gasteiger partial charge in [-0.25, -0.2) is 13.2 Å². The molecule has 26 heavy (non-hydrogen) atoms. The molecule has 0 radical (unpaired) electrons. The number of non-ortho nitro benzene ring substituents is 1. The Kier molecular flexibility index (Phi) is 4.07. The third kappa shape index (κ3) is 2.74. The molecule has 140 valence electrons. The molecule has 1 saturated carbocycles. The standard InChI is InChI=1S/C13H14N4O8S/c1-14(12-8-5-15(13(18)19)6-9(8)12)26(24,25)11-3-2-7(16(20)21)4-10(11)17(22)23/h2-4,8-9,12H,5-6H2,1H3,(H,18,19)/t8-,9+,12?. The highest BCUT2D eigenvalue weighted by molar-refractivity contribution is 7.89. The van der Waals surface area contributed by atoms with E-state index in [1.54, 1.807) is 0 Å². The lowest BCUT2D eigenvalue weighted by molar-refractivity contribution is -0.396. The van der Waals surface area contributed by atoms with Crippen LogP contribution in [-0.4, -0.2) is 64.8 Å². The summed E-state index contributed by atoms with van der Waals surface area (Å²) in [6.07, 6.45) is -1.08. The molecule has 0 bridgehead atoms. The van der Waals surface area contributed by atoms with Crippen molar-refractivity contribution in [1.29, 1.82) is 0 Å². The number of fused-ring (bicyclic) bond motifs is 1. The van der Waals surface area contributed by atoms with Gasteiger partial charge in [0.15, 0.2) is 4.90 Å². The Labute approximate surface area is 147 Å². The van der Waals surface area contributed by atoms with Crippen molar-refractivity contribution in [3.63, 3.8) is 0 Å². The number of piperidine rings is 1. The number of rotatable bonds is 5. The summed E-state index contributed by atoms with van der Waals surface area (Å²) in [5.74, 6) is -0.328. The zero-order valence-corrected chi connectivity index (χ0v) is 14.2. The minimum atomic E-state index is -4.27. The van der Waals surface area contributed by atoms with E-state index in [1.807, 2.05) is 0 Å². The maximum atomic E-state index is 12.8. The molecule has 1 amide bonds. The lowest BCUT2D eigenvalue weighted by atomic mass is 10.3. The van der Waals surface area contributed by atoms with Gasteiger partial charge in [-0.15, -0.1) is 0 Å². The van der Waals surface area contributed by atoms with Gasteiger partial charge in [0.1, 0.15) is 0 Å². The van der Waals surface area contributed by atoms with E-state index in [2.05, 4.69) is 0 Å². The Bertz CT molecular complexity index is 905. The van der Waals surface area contributed by atoms with Crippen LogP contribution in [0.5, 0.6) is 0 Å². The Morgan fingerprint density at radius 1 is 1.23 bits per heavy atom. The first-order valence-electron chi connectivity index (χ1n) is 7.44. The fourth-order valence-electron chi connectivity index (χ4n) is 3.49. The summed E-state index contributed by atoms with van der Waals surface area (Å²) in [5.41, 5.74) is -1.46. The van der Waals surface area contributed by atoms with Gasteiger partial charge in [0, 0.05) is 32.2 Å². The third-order valence-corrected chi connectivity index (χ3v) is 6.75. The number of nitro benzene ring substituents is 2. The summed E-state index contributed by atoms with van der Waals surface area (Å²) in [4.78, 5) is 31.6. The molecule has 12 nitrogen and oxygen atoms in total. The van der Waals surface area contributed by atoms with Gasteiger partial charge in [0.2, 0.25) is 10.0 Å². The van der Waals surface area contributed by atoms with Crippen molar-refractivity contribution in [1.82, 2.24) is 9.21 Å². The number of carbonyl (C=O) groups is 1. The topological polar surface area (TPSA) is 164 Å². The molecule has 1 N–H and O–H groups in total. The molecule has 13 heteroatoms. The Morgan fingerprint density at radius 3 is 2.27 bits per heavy atom. The number of hydrogen-bond donors (Lipinski definition) is 1. The second-order valence-corrected chi connectivity index (χ2v) is 8.16. The monoisotopic (exact) mass is 386 g/mol. The summed E-state index contributed by atoms with van der Waals surface area (Å²) in [7, 11) is -3.00. The fraction of sp³-hybridized carbons (Fsp3) is 0.462. The second kappa shape index (κ2) is 5.88. The molecule has 2 fully saturated rings. The van der Waals surface area contributed by atoms with Crippen LogP contribution >= 0.6 is 0 Å². The van der Waals surface area contributed by atoms with E-state index in [1.165, 1.54) is 11.9 Å². The predicted octanol–water partition coefficient (Wildman–Crippen LogP) is 0.732. The number of sulfonamides is 1. The number of benzene rings is 1.